The average molecular weight is 376 g/mol. The molecule has 1 unspecified atom stereocenters. The molecule has 3 rings (SSSR count). The van der Waals surface area contributed by atoms with Crippen LogP contribution in [-0.4, -0.2) is 34.9 Å². The van der Waals surface area contributed by atoms with Gasteiger partial charge in [0.25, 0.3) is 0 Å². The van der Waals surface area contributed by atoms with E-state index in [1.54, 1.807) is 11.3 Å². The van der Waals surface area contributed by atoms with E-state index in [0.29, 0.717) is 6.54 Å². The Morgan fingerprint density at radius 3 is 2.74 bits per heavy atom. The number of benzene rings is 1. The van der Waals surface area contributed by atoms with Crippen molar-refractivity contribution >= 4 is 52.3 Å². The van der Waals surface area contributed by atoms with E-state index in [1.807, 2.05) is 30.1 Å². The summed E-state index contributed by atoms with van der Waals surface area (Å²) < 4.78 is 1.18. The van der Waals surface area contributed by atoms with Gasteiger partial charge in [-0.1, -0.05) is 19.1 Å². The number of hydrogen-bond acceptors (Lipinski definition) is 4. The van der Waals surface area contributed by atoms with Crippen LogP contribution in [0.4, 0.5) is 0 Å². The number of fused-ring (bicyclic) bond motifs is 1. The molecule has 1 aromatic carbocycles. The van der Waals surface area contributed by atoms with Gasteiger partial charge >= 0.3 is 0 Å². The van der Waals surface area contributed by atoms with Crippen LogP contribution in [0.15, 0.2) is 24.3 Å². The highest BCUT2D eigenvalue weighted by atomic mass is 35.5. The number of carbonyl (C=O) groups excluding carboxylic acids is 1. The van der Waals surface area contributed by atoms with Crippen molar-refractivity contribution in [2.75, 3.05) is 13.6 Å². The first-order valence-corrected chi connectivity index (χ1v) is 8.31. The molecule has 7 heteroatoms. The summed E-state index contributed by atoms with van der Waals surface area (Å²) in [6, 6.07) is 8.11. The third-order valence-corrected chi connectivity index (χ3v) is 5.34. The summed E-state index contributed by atoms with van der Waals surface area (Å²) in [5, 5.41) is 4.40. The van der Waals surface area contributed by atoms with E-state index in [1.165, 1.54) is 4.70 Å². The van der Waals surface area contributed by atoms with E-state index in [4.69, 9.17) is 0 Å². The zero-order valence-electron chi connectivity index (χ0n) is 13.4. The fourth-order valence-corrected chi connectivity index (χ4v) is 4.09. The SMILES string of the molecule is CCC1(C(=O)N(C)Cc2nc3ccccc3s2)CCCN1.Cl.Cl. The molecule has 0 spiro atoms. The number of nitrogens with zero attached hydrogens (tertiary/aromatic N) is 2. The van der Waals surface area contributed by atoms with Gasteiger partial charge in [-0.25, -0.2) is 4.98 Å². The van der Waals surface area contributed by atoms with Crippen LogP contribution in [-0.2, 0) is 11.3 Å². The number of aromatic nitrogens is 1. The van der Waals surface area contributed by atoms with E-state index in [9.17, 15) is 4.79 Å². The fourth-order valence-electron chi connectivity index (χ4n) is 3.07. The normalized spacial score (nSPS) is 19.9. The summed E-state index contributed by atoms with van der Waals surface area (Å²) in [4.78, 5) is 19.2. The number of hydrogen-bond donors (Lipinski definition) is 1. The highest BCUT2D eigenvalue weighted by Gasteiger charge is 2.40. The highest BCUT2D eigenvalue weighted by molar-refractivity contribution is 7.18. The molecule has 1 amide bonds. The van der Waals surface area contributed by atoms with E-state index >= 15 is 0 Å². The number of para-hydroxylation sites is 1. The molecule has 0 radical (unpaired) electrons. The number of amides is 1. The zero-order chi connectivity index (χ0) is 14.9. The predicted molar refractivity (Wildman–Crippen MR) is 101 cm³/mol. The van der Waals surface area contributed by atoms with Gasteiger partial charge in [-0.3, -0.25) is 4.79 Å². The first-order chi connectivity index (χ1) is 10.1. The molecule has 1 saturated heterocycles. The van der Waals surface area contributed by atoms with Gasteiger partial charge in [0.15, 0.2) is 0 Å². The average Bonchev–Trinajstić information content (AvgIpc) is 3.13. The number of rotatable bonds is 4. The number of carbonyl (C=O) groups is 1. The second kappa shape index (κ2) is 8.29. The first-order valence-electron chi connectivity index (χ1n) is 7.50. The molecule has 1 aliphatic heterocycles. The lowest BCUT2D eigenvalue weighted by atomic mass is 9.92. The summed E-state index contributed by atoms with van der Waals surface area (Å²) in [6.45, 7) is 3.61. The first kappa shape index (κ1) is 20.2. The second-order valence-electron chi connectivity index (χ2n) is 5.70. The van der Waals surface area contributed by atoms with Crippen LogP contribution in [0.5, 0.6) is 0 Å². The van der Waals surface area contributed by atoms with Gasteiger partial charge in [0, 0.05) is 7.05 Å². The predicted octanol–water partition coefficient (Wildman–Crippen LogP) is 3.63. The van der Waals surface area contributed by atoms with Crippen molar-refractivity contribution in [1.82, 2.24) is 15.2 Å². The van der Waals surface area contributed by atoms with Crippen molar-refractivity contribution in [3.05, 3.63) is 29.3 Å². The molecule has 1 fully saturated rings. The maximum atomic E-state index is 12.8. The number of nitrogens with one attached hydrogen (secondary N) is 1. The van der Waals surface area contributed by atoms with Gasteiger partial charge in [-0.15, -0.1) is 36.2 Å². The lowest BCUT2D eigenvalue weighted by molar-refractivity contribution is -0.137. The molecule has 128 valence electrons. The van der Waals surface area contributed by atoms with Crippen molar-refractivity contribution < 1.29 is 4.79 Å². The quantitative estimate of drug-likeness (QED) is 0.886. The molecule has 23 heavy (non-hydrogen) atoms. The molecule has 0 saturated carbocycles. The third-order valence-electron chi connectivity index (χ3n) is 4.31. The molecular weight excluding hydrogens is 353 g/mol. The van der Waals surface area contributed by atoms with Crippen LogP contribution in [0.2, 0.25) is 0 Å². The minimum Gasteiger partial charge on any atom is -0.337 e. The Morgan fingerprint density at radius 2 is 2.13 bits per heavy atom. The minimum atomic E-state index is -0.356. The van der Waals surface area contributed by atoms with Crippen LogP contribution < -0.4 is 5.32 Å². The molecule has 2 heterocycles. The van der Waals surface area contributed by atoms with Crippen molar-refractivity contribution in [1.29, 1.82) is 0 Å². The molecule has 0 aliphatic carbocycles. The summed E-state index contributed by atoms with van der Waals surface area (Å²) in [5.41, 5.74) is 0.661. The summed E-state index contributed by atoms with van der Waals surface area (Å²) in [7, 11) is 1.88. The van der Waals surface area contributed by atoms with Crippen molar-refractivity contribution in [3.63, 3.8) is 0 Å². The number of halogens is 2. The summed E-state index contributed by atoms with van der Waals surface area (Å²) in [6.07, 6.45) is 2.86. The van der Waals surface area contributed by atoms with E-state index < -0.39 is 0 Å². The largest absolute Gasteiger partial charge is 0.337 e. The van der Waals surface area contributed by atoms with Crippen molar-refractivity contribution in [3.8, 4) is 0 Å². The molecule has 2 aromatic rings. The molecule has 1 atom stereocenters. The lowest BCUT2D eigenvalue weighted by Gasteiger charge is -2.31. The van der Waals surface area contributed by atoms with Crippen LogP contribution in [0.25, 0.3) is 10.2 Å². The number of likely N-dealkylation sites (N-methyl/N-ethyl adjacent to an activating group) is 1. The van der Waals surface area contributed by atoms with Gasteiger partial charge in [0.1, 0.15) is 5.01 Å². The minimum absolute atomic E-state index is 0. The molecule has 1 N–H and O–H groups in total. The van der Waals surface area contributed by atoms with Gasteiger partial charge in [-0.05, 0) is 37.9 Å². The van der Waals surface area contributed by atoms with Crippen LogP contribution in [0.3, 0.4) is 0 Å². The van der Waals surface area contributed by atoms with Crippen molar-refractivity contribution in [2.45, 2.75) is 38.3 Å². The number of thiazole rings is 1. The summed E-state index contributed by atoms with van der Waals surface area (Å²) >= 11 is 1.67. The smallest absolute Gasteiger partial charge is 0.242 e. The molecule has 4 nitrogen and oxygen atoms in total. The van der Waals surface area contributed by atoms with Crippen LogP contribution >= 0.6 is 36.2 Å². The standard InChI is InChI=1S/C16H21N3OS.2ClH/c1-3-16(9-6-10-17-16)15(20)19(2)11-14-18-12-7-4-5-8-13(12)21-14;;/h4-5,7-8,17H,3,6,9-11H2,1-2H3;2*1H. The summed E-state index contributed by atoms with van der Waals surface area (Å²) in [5.74, 6) is 0.196. The fraction of sp³-hybridized carbons (Fsp3) is 0.500. The van der Waals surface area contributed by atoms with Gasteiger partial charge in [0.2, 0.25) is 5.91 Å². The third kappa shape index (κ3) is 3.97. The molecule has 1 aromatic heterocycles. The van der Waals surface area contributed by atoms with Gasteiger partial charge in [0.05, 0.1) is 22.3 Å². The van der Waals surface area contributed by atoms with Crippen molar-refractivity contribution in [2.24, 2.45) is 0 Å². The van der Waals surface area contributed by atoms with Crippen LogP contribution in [0, 0.1) is 0 Å². The lowest BCUT2D eigenvalue weighted by Crippen LogP contribution is -2.53. The topological polar surface area (TPSA) is 45.2 Å². The highest BCUT2D eigenvalue weighted by Crippen LogP contribution is 2.27. The van der Waals surface area contributed by atoms with E-state index in [-0.39, 0.29) is 36.3 Å². The molecule has 1 aliphatic rings. The van der Waals surface area contributed by atoms with E-state index in [0.717, 1.165) is 36.3 Å². The maximum Gasteiger partial charge on any atom is 0.242 e. The molecule has 0 bridgehead atoms. The van der Waals surface area contributed by atoms with Gasteiger partial charge in [-0.2, -0.15) is 0 Å². The Bertz CT molecular complexity index is 623. The Morgan fingerprint density at radius 1 is 1.39 bits per heavy atom. The Labute approximate surface area is 153 Å². The van der Waals surface area contributed by atoms with Crippen LogP contribution in [0.1, 0.15) is 31.2 Å². The molecular formula is C16H23Cl2N3OS. The Balaban J connectivity index is 0.00000132. The Hall–Kier alpha value is -0.880. The van der Waals surface area contributed by atoms with Gasteiger partial charge < -0.3 is 10.2 Å². The maximum absolute atomic E-state index is 12.8. The Kier molecular flexibility index (Phi) is 7.27. The van der Waals surface area contributed by atoms with E-state index in [2.05, 4.69) is 23.3 Å². The zero-order valence-corrected chi connectivity index (χ0v) is 15.8. The second-order valence-corrected chi connectivity index (χ2v) is 6.82. The monoisotopic (exact) mass is 375 g/mol.